The molecule has 1 aromatic rings. The van der Waals surface area contributed by atoms with Gasteiger partial charge < -0.3 is 14.3 Å². The minimum atomic E-state index is 0.276. The first kappa shape index (κ1) is 17.4. The molecular weight excluding hydrogens is 304 g/mol. The molecule has 1 aromatic heterocycles. The second-order valence-electron chi connectivity index (χ2n) is 7.54. The minimum absolute atomic E-state index is 0.276. The molecule has 0 spiro atoms. The van der Waals surface area contributed by atoms with Crippen LogP contribution in [0.3, 0.4) is 0 Å². The van der Waals surface area contributed by atoms with Crippen LogP contribution in [0.1, 0.15) is 70.0 Å². The standard InChI is InChI=1S/C18H30N4O2/c1-13(2)18-19-16(24-20-18)9-4-10-17(23)22-12-6-8-15(22)14-7-5-11-21(14)3/h13-15H,4-12H2,1-3H3. The number of amides is 1. The summed E-state index contributed by atoms with van der Waals surface area (Å²) in [4.78, 5) is 21.6. The largest absolute Gasteiger partial charge is 0.339 e. The molecule has 24 heavy (non-hydrogen) atoms. The van der Waals surface area contributed by atoms with Crippen molar-refractivity contribution >= 4 is 5.91 Å². The van der Waals surface area contributed by atoms with Crippen LogP contribution in [0, 0.1) is 0 Å². The normalized spacial score (nSPS) is 25.1. The molecule has 134 valence electrons. The van der Waals surface area contributed by atoms with Crippen molar-refractivity contribution in [1.82, 2.24) is 19.9 Å². The molecule has 0 bridgehead atoms. The fraction of sp³-hybridized carbons (Fsp3) is 0.833. The van der Waals surface area contributed by atoms with Crippen LogP contribution in [0.15, 0.2) is 4.52 Å². The van der Waals surface area contributed by atoms with Gasteiger partial charge in [0.2, 0.25) is 11.8 Å². The van der Waals surface area contributed by atoms with Gasteiger partial charge in [-0.05, 0) is 45.7 Å². The first-order valence-electron chi connectivity index (χ1n) is 9.38. The molecule has 0 aromatic carbocycles. The zero-order valence-corrected chi connectivity index (χ0v) is 15.2. The van der Waals surface area contributed by atoms with Crippen molar-refractivity contribution in [2.24, 2.45) is 0 Å². The summed E-state index contributed by atoms with van der Waals surface area (Å²) in [5, 5.41) is 3.98. The first-order valence-corrected chi connectivity index (χ1v) is 9.38. The van der Waals surface area contributed by atoms with Crippen molar-refractivity contribution in [2.75, 3.05) is 20.1 Å². The van der Waals surface area contributed by atoms with Gasteiger partial charge in [-0.15, -0.1) is 0 Å². The SMILES string of the molecule is CC(C)c1noc(CCCC(=O)N2CCCC2C2CCCN2C)n1. The summed E-state index contributed by atoms with van der Waals surface area (Å²) >= 11 is 0. The van der Waals surface area contributed by atoms with Crippen LogP contribution in [0.25, 0.3) is 0 Å². The molecular formula is C18H30N4O2. The fourth-order valence-corrected chi connectivity index (χ4v) is 4.06. The molecule has 3 heterocycles. The number of aryl methyl sites for hydroxylation is 1. The molecule has 2 atom stereocenters. The van der Waals surface area contributed by atoms with E-state index < -0.39 is 0 Å². The highest BCUT2D eigenvalue weighted by Gasteiger charge is 2.37. The highest BCUT2D eigenvalue weighted by atomic mass is 16.5. The predicted molar refractivity (Wildman–Crippen MR) is 91.7 cm³/mol. The van der Waals surface area contributed by atoms with Gasteiger partial charge in [0.05, 0.1) is 0 Å². The van der Waals surface area contributed by atoms with E-state index >= 15 is 0 Å². The number of likely N-dealkylation sites (tertiary alicyclic amines) is 2. The third-order valence-corrected chi connectivity index (χ3v) is 5.42. The summed E-state index contributed by atoms with van der Waals surface area (Å²) in [5.74, 6) is 1.97. The predicted octanol–water partition coefficient (Wildman–Crippen LogP) is 2.60. The molecule has 1 amide bonds. The lowest BCUT2D eigenvalue weighted by Gasteiger charge is -2.33. The molecule has 2 aliphatic rings. The van der Waals surface area contributed by atoms with Crippen LogP contribution in [0.2, 0.25) is 0 Å². The molecule has 0 N–H and O–H groups in total. The van der Waals surface area contributed by atoms with E-state index in [9.17, 15) is 4.79 Å². The zero-order chi connectivity index (χ0) is 17.1. The van der Waals surface area contributed by atoms with E-state index in [2.05, 4.69) is 27.0 Å². The Kier molecular flexibility index (Phi) is 5.54. The molecule has 2 aliphatic heterocycles. The average Bonchev–Trinajstić information content (AvgIpc) is 3.25. The maximum Gasteiger partial charge on any atom is 0.226 e. The smallest absolute Gasteiger partial charge is 0.226 e. The van der Waals surface area contributed by atoms with E-state index in [1.807, 2.05) is 13.8 Å². The van der Waals surface area contributed by atoms with E-state index in [0.29, 0.717) is 36.7 Å². The van der Waals surface area contributed by atoms with Crippen LogP contribution in [-0.2, 0) is 11.2 Å². The van der Waals surface area contributed by atoms with Crippen molar-refractivity contribution in [1.29, 1.82) is 0 Å². The number of hydrogen-bond donors (Lipinski definition) is 0. The van der Waals surface area contributed by atoms with Gasteiger partial charge >= 0.3 is 0 Å². The number of carbonyl (C=O) groups excluding carboxylic acids is 1. The van der Waals surface area contributed by atoms with Gasteiger partial charge in [-0.3, -0.25) is 4.79 Å². The first-order chi connectivity index (χ1) is 11.6. The van der Waals surface area contributed by atoms with Gasteiger partial charge in [0, 0.05) is 37.4 Å². The Morgan fingerprint density at radius 3 is 2.67 bits per heavy atom. The van der Waals surface area contributed by atoms with Crippen molar-refractivity contribution in [3.63, 3.8) is 0 Å². The van der Waals surface area contributed by atoms with Gasteiger partial charge in [0.25, 0.3) is 0 Å². The van der Waals surface area contributed by atoms with Gasteiger partial charge in [-0.2, -0.15) is 4.98 Å². The Balaban J connectivity index is 1.48. The Morgan fingerprint density at radius 2 is 2.00 bits per heavy atom. The summed E-state index contributed by atoms with van der Waals surface area (Å²) in [7, 11) is 2.19. The zero-order valence-electron chi connectivity index (χ0n) is 15.2. The summed E-state index contributed by atoms with van der Waals surface area (Å²) in [5.41, 5.74) is 0. The molecule has 6 heteroatoms. The lowest BCUT2D eigenvalue weighted by atomic mass is 10.0. The Bertz CT molecular complexity index is 557. The third kappa shape index (κ3) is 3.79. The molecule has 0 aliphatic carbocycles. The highest BCUT2D eigenvalue weighted by molar-refractivity contribution is 5.76. The topological polar surface area (TPSA) is 62.5 Å². The summed E-state index contributed by atoms with van der Waals surface area (Å²) in [6, 6.07) is 0.974. The minimum Gasteiger partial charge on any atom is -0.339 e. The van der Waals surface area contributed by atoms with Crippen molar-refractivity contribution < 1.29 is 9.32 Å². The second kappa shape index (κ2) is 7.64. The van der Waals surface area contributed by atoms with Crippen LogP contribution in [-0.4, -0.2) is 58.1 Å². The maximum absolute atomic E-state index is 12.7. The van der Waals surface area contributed by atoms with E-state index in [0.717, 1.165) is 31.6 Å². The van der Waals surface area contributed by atoms with Gasteiger partial charge in [0.1, 0.15) is 0 Å². The number of rotatable bonds is 6. The number of nitrogens with zero attached hydrogens (tertiary/aromatic N) is 4. The monoisotopic (exact) mass is 334 g/mol. The average molecular weight is 334 g/mol. The third-order valence-electron chi connectivity index (χ3n) is 5.42. The molecule has 2 fully saturated rings. The molecule has 0 saturated carbocycles. The molecule has 3 rings (SSSR count). The second-order valence-corrected chi connectivity index (χ2v) is 7.54. The van der Waals surface area contributed by atoms with Gasteiger partial charge in [-0.1, -0.05) is 19.0 Å². The van der Waals surface area contributed by atoms with Crippen molar-refractivity contribution in [2.45, 2.75) is 76.8 Å². The molecule has 6 nitrogen and oxygen atoms in total. The Morgan fingerprint density at radius 1 is 1.25 bits per heavy atom. The Hall–Kier alpha value is -1.43. The maximum atomic E-state index is 12.7. The van der Waals surface area contributed by atoms with E-state index in [1.54, 1.807) is 0 Å². The van der Waals surface area contributed by atoms with Crippen LogP contribution in [0.5, 0.6) is 0 Å². The summed E-state index contributed by atoms with van der Waals surface area (Å²) in [6.07, 6.45) is 6.83. The van der Waals surface area contributed by atoms with E-state index in [4.69, 9.17) is 4.52 Å². The number of likely N-dealkylation sites (N-methyl/N-ethyl adjacent to an activating group) is 1. The van der Waals surface area contributed by atoms with Gasteiger partial charge in [-0.25, -0.2) is 0 Å². The Labute approximate surface area is 144 Å². The van der Waals surface area contributed by atoms with E-state index in [-0.39, 0.29) is 5.92 Å². The quantitative estimate of drug-likeness (QED) is 0.800. The van der Waals surface area contributed by atoms with Crippen LogP contribution >= 0.6 is 0 Å². The summed E-state index contributed by atoms with van der Waals surface area (Å²) < 4.78 is 5.26. The van der Waals surface area contributed by atoms with Crippen molar-refractivity contribution in [3.8, 4) is 0 Å². The van der Waals surface area contributed by atoms with Crippen LogP contribution < -0.4 is 0 Å². The summed E-state index contributed by atoms with van der Waals surface area (Å²) in [6.45, 7) is 6.18. The lowest BCUT2D eigenvalue weighted by molar-refractivity contribution is -0.133. The molecule has 2 unspecified atom stereocenters. The number of hydrogen-bond acceptors (Lipinski definition) is 5. The fourth-order valence-electron chi connectivity index (χ4n) is 4.06. The van der Waals surface area contributed by atoms with Crippen molar-refractivity contribution in [3.05, 3.63) is 11.7 Å². The number of aromatic nitrogens is 2. The van der Waals surface area contributed by atoms with Crippen LogP contribution in [0.4, 0.5) is 0 Å². The highest BCUT2D eigenvalue weighted by Crippen LogP contribution is 2.29. The number of carbonyl (C=O) groups is 1. The van der Waals surface area contributed by atoms with E-state index in [1.165, 1.54) is 19.4 Å². The van der Waals surface area contributed by atoms with Gasteiger partial charge in [0.15, 0.2) is 5.82 Å². The molecule has 0 radical (unpaired) electrons. The lowest BCUT2D eigenvalue weighted by Crippen LogP contribution is -2.47. The molecule has 2 saturated heterocycles.